The first-order valence-corrected chi connectivity index (χ1v) is 12.1. The fraction of sp³-hybridized carbons (Fsp3) is 0.417. The van der Waals surface area contributed by atoms with Crippen molar-refractivity contribution in [1.29, 1.82) is 0 Å². The molecule has 0 fully saturated rings. The molecule has 0 aliphatic carbocycles. The van der Waals surface area contributed by atoms with Gasteiger partial charge in [0.1, 0.15) is 6.04 Å². The van der Waals surface area contributed by atoms with Crippen molar-refractivity contribution in [2.24, 2.45) is 0 Å². The molecule has 162 valence electrons. The van der Waals surface area contributed by atoms with Crippen LogP contribution in [0.3, 0.4) is 0 Å². The third kappa shape index (κ3) is 7.80. The normalized spacial score (nSPS) is 12.0. The van der Waals surface area contributed by atoms with Gasteiger partial charge >= 0.3 is 0 Å². The number of rotatable bonds is 9. The Hall–Kier alpha value is -1.79. The van der Waals surface area contributed by atoms with Crippen molar-refractivity contribution in [3.63, 3.8) is 0 Å². The minimum absolute atomic E-state index is 0.0294. The molecule has 6 heteroatoms. The summed E-state index contributed by atoms with van der Waals surface area (Å²) in [5.41, 5.74) is 4.66. The van der Waals surface area contributed by atoms with Crippen LogP contribution in [0, 0.1) is 13.8 Å². The SMILES string of the molecule is Cc1cc(C)cc(CSCC(=O)N(Cc2cccc(Br)c2)C(C)C(=O)NC(C)C)c1. The van der Waals surface area contributed by atoms with Crippen LogP contribution in [0.4, 0.5) is 0 Å². The number of aryl methyl sites for hydroxylation is 2. The first-order chi connectivity index (χ1) is 14.2. The van der Waals surface area contributed by atoms with Gasteiger partial charge in [-0.1, -0.05) is 57.4 Å². The van der Waals surface area contributed by atoms with E-state index >= 15 is 0 Å². The summed E-state index contributed by atoms with van der Waals surface area (Å²) in [5, 5.41) is 2.92. The minimum Gasteiger partial charge on any atom is -0.352 e. The Morgan fingerprint density at radius 1 is 1.03 bits per heavy atom. The number of hydrogen-bond acceptors (Lipinski definition) is 3. The van der Waals surface area contributed by atoms with Gasteiger partial charge in [0.25, 0.3) is 0 Å². The molecule has 30 heavy (non-hydrogen) atoms. The van der Waals surface area contributed by atoms with Crippen LogP contribution in [-0.4, -0.2) is 34.6 Å². The maximum atomic E-state index is 13.1. The molecule has 0 heterocycles. The van der Waals surface area contributed by atoms with Crippen LogP contribution in [0.15, 0.2) is 46.9 Å². The predicted octanol–water partition coefficient (Wildman–Crippen LogP) is 5.24. The highest BCUT2D eigenvalue weighted by Crippen LogP contribution is 2.19. The second-order valence-corrected chi connectivity index (χ2v) is 9.88. The molecular formula is C24H31BrN2O2S. The summed E-state index contributed by atoms with van der Waals surface area (Å²) in [7, 11) is 0. The summed E-state index contributed by atoms with van der Waals surface area (Å²) in [5.74, 6) is 0.940. The lowest BCUT2D eigenvalue weighted by atomic mass is 10.1. The van der Waals surface area contributed by atoms with Crippen molar-refractivity contribution in [3.8, 4) is 0 Å². The molecule has 1 unspecified atom stereocenters. The second-order valence-electron chi connectivity index (χ2n) is 7.98. The molecule has 1 N–H and O–H groups in total. The van der Waals surface area contributed by atoms with Crippen molar-refractivity contribution in [1.82, 2.24) is 10.2 Å². The van der Waals surface area contributed by atoms with Crippen molar-refractivity contribution < 1.29 is 9.59 Å². The highest BCUT2D eigenvalue weighted by molar-refractivity contribution is 9.10. The molecule has 2 rings (SSSR count). The number of carbonyl (C=O) groups excluding carboxylic acids is 2. The molecule has 0 aliphatic heterocycles. The minimum atomic E-state index is -0.541. The fourth-order valence-electron chi connectivity index (χ4n) is 3.31. The van der Waals surface area contributed by atoms with E-state index < -0.39 is 6.04 Å². The van der Waals surface area contributed by atoms with Crippen molar-refractivity contribution >= 4 is 39.5 Å². The van der Waals surface area contributed by atoms with Crippen molar-refractivity contribution in [2.45, 2.75) is 59.0 Å². The molecule has 0 spiro atoms. The van der Waals surface area contributed by atoms with Crippen LogP contribution in [-0.2, 0) is 21.9 Å². The van der Waals surface area contributed by atoms with E-state index in [4.69, 9.17) is 0 Å². The Bertz CT molecular complexity index is 865. The van der Waals surface area contributed by atoms with Crippen molar-refractivity contribution in [2.75, 3.05) is 5.75 Å². The Morgan fingerprint density at radius 3 is 2.30 bits per heavy atom. The number of halogens is 1. The quantitative estimate of drug-likeness (QED) is 0.522. The molecule has 0 saturated carbocycles. The van der Waals surface area contributed by atoms with Gasteiger partial charge in [-0.3, -0.25) is 9.59 Å². The van der Waals surface area contributed by atoms with Gasteiger partial charge in [0, 0.05) is 22.8 Å². The standard InChI is InChI=1S/C24H31BrN2O2S/c1-16(2)26-24(29)19(5)27(13-20-7-6-8-22(25)12-20)23(28)15-30-14-21-10-17(3)9-18(4)11-21/h6-12,16,19H,13-15H2,1-5H3,(H,26,29). The maximum Gasteiger partial charge on any atom is 0.242 e. The van der Waals surface area contributed by atoms with Crippen LogP contribution >= 0.6 is 27.7 Å². The monoisotopic (exact) mass is 490 g/mol. The van der Waals surface area contributed by atoms with E-state index in [1.807, 2.05) is 38.1 Å². The number of hydrogen-bond donors (Lipinski definition) is 1. The zero-order valence-corrected chi connectivity index (χ0v) is 20.8. The topological polar surface area (TPSA) is 49.4 Å². The number of amides is 2. The van der Waals surface area contributed by atoms with Crippen LogP contribution in [0.25, 0.3) is 0 Å². The summed E-state index contributed by atoms with van der Waals surface area (Å²) < 4.78 is 0.955. The Morgan fingerprint density at radius 2 is 1.70 bits per heavy atom. The molecule has 4 nitrogen and oxygen atoms in total. The van der Waals surface area contributed by atoms with E-state index in [0.717, 1.165) is 15.8 Å². The van der Waals surface area contributed by atoms with E-state index in [9.17, 15) is 9.59 Å². The largest absolute Gasteiger partial charge is 0.352 e. The first-order valence-electron chi connectivity index (χ1n) is 10.1. The molecule has 2 aromatic rings. The Labute approximate surface area is 192 Å². The number of benzene rings is 2. The van der Waals surface area contributed by atoms with Gasteiger partial charge in [-0.05, 0) is 57.9 Å². The molecular weight excluding hydrogens is 460 g/mol. The highest BCUT2D eigenvalue weighted by atomic mass is 79.9. The van der Waals surface area contributed by atoms with E-state index in [1.165, 1.54) is 16.7 Å². The second kappa shape index (κ2) is 11.6. The van der Waals surface area contributed by atoms with Gasteiger partial charge in [-0.15, -0.1) is 11.8 Å². The van der Waals surface area contributed by atoms with Gasteiger partial charge in [-0.25, -0.2) is 0 Å². The summed E-state index contributed by atoms with van der Waals surface area (Å²) in [6.45, 7) is 10.2. The average molecular weight is 491 g/mol. The number of nitrogens with one attached hydrogen (secondary N) is 1. The molecule has 0 saturated heterocycles. The van der Waals surface area contributed by atoms with Gasteiger partial charge in [0.2, 0.25) is 11.8 Å². The van der Waals surface area contributed by atoms with Crippen LogP contribution < -0.4 is 5.32 Å². The van der Waals surface area contributed by atoms with Gasteiger partial charge < -0.3 is 10.2 Å². The maximum absolute atomic E-state index is 13.1. The zero-order chi connectivity index (χ0) is 22.3. The lowest BCUT2D eigenvalue weighted by Gasteiger charge is -2.29. The van der Waals surface area contributed by atoms with Crippen molar-refractivity contribution in [3.05, 3.63) is 69.2 Å². The molecule has 0 radical (unpaired) electrons. The molecule has 0 bridgehead atoms. The zero-order valence-electron chi connectivity index (χ0n) is 18.4. The highest BCUT2D eigenvalue weighted by Gasteiger charge is 2.26. The summed E-state index contributed by atoms with van der Waals surface area (Å²) >= 11 is 5.07. The van der Waals surface area contributed by atoms with Gasteiger partial charge in [0.15, 0.2) is 0 Å². The first kappa shape index (κ1) is 24.5. The number of carbonyl (C=O) groups is 2. The molecule has 1 atom stereocenters. The average Bonchev–Trinajstić information content (AvgIpc) is 2.64. The predicted molar refractivity (Wildman–Crippen MR) is 130 cm³/mol. The van der Waals surface area contributed by atoms with Crippen LogP contribution in [0.1, 0.15) is 43.0 Å². The van der Waals surface area contributed by atoms with Gasteiger partial charge in [0.05, 0.1) is 5.75 Å². The third-order valence-corrected chi connectivity index (χ3v) is 6.10. The van der Waals surface area contributed by atoms with Gasteiger partial charge in [-0.2, -0.15) is 0 Å². The van der Waals surface area contributed by atoms with E-state index in [1.54, 1.807) is 23.6 Å². The molecule has 0 aliphatic rings. The number of thioether (sulfide) groups is 1. The lowest BCUT2D eigenvalue weighted by Crippen LogP contribution is -2.49. The summed E-state index contributed by atoms with van der Waals surface area (Å²) in [6, 6.07) is 13.8. The Balaban J connectivity index is 2.09. The smallest absolute Gasteiger partial charge is 0.242 e. The molecule has 2 amide bonds. The van der Waals surface area contributed by atoms with E-state index in [-0.39, 0.29) is 17.9 Å². The van der Waals surface area contributed by atoms with Crippen LogP contribution in [0.2, 0.25) is 0 Å². The number of nitrogens with zero attached hydrogens (tertiary/aromatic N) is 1. The van der Waals surface area contributed by atoms with E-state index in [0.29, 0.717) is 12.3 Å². The fourth-order valence-corrected chi connectivity index (χ4v) is 4.60. The lowest BCUT2D eigenvalue weighted by molar-refractivity contribution is -0.138. The summed E-state index contributed by atoms with van der Waals surface area (Å²) in [6.07, 6.45) is 0. The van der Waals surface area contributed by atoms with E-state index in [2.05, 4.69) is 53.3 Å². The third-order valence-electron chi connectivity index (χ3n) is 4.62. The molecule has 2 aromatic carbocycles. The summed E-state index contributed by atoms with van der Waals surface area (Å²) in [4.78, 5) is 27.4. The molecule has 0 aromatic heterocycles. The van der Waals surface area contributed by atoms with Crippen LogP contribution in [0.5, 0.6) is 0 Å². The Kier molecular flexibility index (Phi) is 9.43.